The number of benzene rings is 1. The number of anilines is 1. The molecular formula is C16H22N2O. The van der Waals surface area contributed by atoms with E-state index in [9.17, 15) is 4.79 Å². The van der Waals surface area contributed by atoms with Crippen molar-refractivity contribution in [1.29, 1.82) is 0 Å². The van der Waals surface area contributed by atoms with Crippen LogP contribution >= 0.6 is 0 Å². The van der Waals surface area contributed by atoms with Crippen molar-refractivity contribution in [3.63, 3.8) is 0 Å². The molecule has 2 rings (SSSR count). The van der Waals surface area contributed by atoms with Gasteiger partial charge in [0.1, 0.15) is 6.04 Å². The highest BCUT2D eigenvalue weighted by Gasteiger charge is 2.16. The van der Waals surface area contributed by atoms with Gasteiger partial charge in [-0.2, -0.15) is 0 Å². The molecule has 1 aliphatic heterocycles. The SMILES string of the molecule is CC.Cc1ccc(NC(=O)C2CCC=CC=N2)cc1. The average Bonchev–Trinajstić information content (AvgIpc) is 2.73. The van der Waals surface area contributed by atoms with Crippen LogP contribution in [0.5, 0.6) is 0 Å². The predicted octanol–water partition coefficient (Wildman–Crippen LogP) is 3.75. The Morgan fingerprint density at radius 3 is 2.63 bits per heavy atom. The number of aliphatic imine (C=N–C) groups is 1. The maximum absolute atomic E-state index is 12.0. The third kappa shape index (κ3) is 5.08. The molecule has 1 aromatic rings. The van der Waals surface area contributed by atoms with Gasteiger partial charge in [-0.25, -0.2) is 0 Å². The van der Waals surface area contributed by atoms with Crippen molar-refractivity contribution in [2.45, 2.75) is 39.7 Å². The van der Waals surface area contributed by atoms with Crippen molar-refractivity contribution >= 4 is 17.8 Å². The second-order valence-corrected chi connectivity index (χ2v) is 4.17. The van der Waals surface area contributed by atoms with E-state index in [1.54, 1.807) is 6.21 Å². The molecule has 0 spiro atoms. The zero-order chi connectivity index (χ0) is 14.1. The van der Waals surface area contributed by atoms with Crippen LogP contribution in [0.1, 0.15) is 32.3 Å². The van der Waals surface area contributed by atoms with E-state index in [4.69, 9.17) is 0 Å². The predicted molar refractivity (Wildman–Crippen MR) is 81.8 cm³/mol. The first kappa shape index (κ1) is 15.2. The Hall–Kier alpha value is -1.90. The van der Waals surface area contributed by atoms with E-state index in [0.717, 1.165) is 18.5 Å². The van der Waals surface area contributed by atoms with Gasteiger partial charge in [0.25, 0.3) is 0 Å². The van der Waals surface area contributed by atoms with Crippen molar-refractivity contribution in [2.24, 2.45) is 4.99 Å². The van der Waals surface area contributed by atoms with E-state index >= 15 is 0 Å². The minimum atomic E-state index is -0.272. The molecule has 0 aromatic heterocycles. The molecule has 0 bridgehead atoms. The van der Waals surface area contributed by atoms with E-state index < -0.39 is 0 Å². The van der Waals surface area contributed by atoms with Crippen LogP contribution in [0, 0.1) is 6.92 Å². The van der Waals surface area contributed by atoms with E-state index in [1.807, 2.05) is 57.2 Å². The molecule has 0 aliphatic carbocycles. The number of carbonyl (C=O) groups excluding carboxylic acids is 1. The first-order valence-corrected chi connectivity index (χ1v) is 6.81. The van der Waals surface area contributed by atoms with Crippen LogP contribution in [0.25, 0.3) is 0 Å². The lowest BCUT2D eigenvalue weighted by molar-refractivity contribution is -0.117. The van der Waals surface area contributed by atoms with Crippen LogP contribution in [-0.4, -0.2) is 18.2 Å². The van der Waals surface area contributed by atoms with Crippen LogP contribution in [0.4, 0.5) is 5.69 Å². The molecule has 3 heteroatoms. The highest BCUT2D eigenvalue weighted by molar-refractivity contribution is 5.96. The van der Waals surface area contributed by atoms with Gasteiger partial charge in [-0.05, 0) is 38.0 Å². The number of carbonyl (C=O) groups is 1. The molecule has 1 amide bonds. The third-order valence-corrected chi connectivity index (χ3v) is 2.72. The Morgan fingerprint density at radius 1 is 1.26 bits per heavy atom. The monoisotopic (exact) mass is 258 g/mol. The van der Waals surface area contributed by atoms with Gasteiger partial charge in [-0.15, -0.1) is 0 Å². The summed E-state index contributed by atoms with van der Waals surface area (Å²) in [4.78, 5) is 16.2. The van der Waals surface area contributed by atoms with Crippen molar-refractivity contribution in [2.75, 3.05) is 5.32 Å². The fourth-order valence-corrected chi connectivity index (χ4v) is 1.70. The average molecular weight is 258 g/mol. The first-order valence-electron chi connectivity index (χ1n) is 6.81. The summed E-state index contributed by atoms with van der Waals surface area (Å²) in [6, 6.07) is 7.50. The van der Waals surface area contributed by atoms with Gasteiger partial charge < -0.3 is 5.32 Å². The molecule has 1 atom stereocenters. The normalized spacial score (nSPS) is 17.1. The van der Waals surface area contributed by atoms with Crippen LogP contribution in [-0.2, 0) is 4.79 Å². The van der Waals surface area contributed by atoms with Crippen LogP contribution < -0.4 is 5.32 Å². The van der Waals surface area contributed by atoms with Crippen LogP contribution in [0.15, 0.2) is 41.4 Å². The molecule has 1 aromatic carbocycles. The number of nitrogens with one attached hydrogen (secondary N) is 1. The van der Waals surface area contributed by atoms with Gasteiger partial charge in [0.15, 0.2) is 0 Å². The molecular weight excluding hydrogens is 236 g/mol. The Labute approximate surface area is 115 Å². The number of hydrogen-bond donors (Lipinski definition) is 1. The zero-order valence-electron chi connectivity index (χ0n) is 11.9. The van der Waals surface area contributed by atoms with E-state index in [0.29, 0.717) is 0 Å². The maximum atomic E-state index is 12.0. The summed E-state index contributed by atoms with van der Waals surface area (Å²) in [5, 5.41) is 2.89. The summed E-state index contributed by atoms with van der Waals surface area (Å²) >= 11 is 0. The number of nitrogens with zero attached hydrogens (tertiary/aromatic N) is 1. The topological polar surface area (TPSA) is 41.5 Å². The highest BCUT2D eigenvalue weighted by atomic mass is 16.2. The molecule has 1 unspecified atom stereocenters. The first-order chi connectivity index (χ1) is 9.25. The second kappa shape index (κ2) is 8.25. The lowest BCUT2D eigenvalue weighted by Crippen LogP contribution is -2.26. The van der Waals surface area contributed by atoms with Gasteiger partial charge in [0.05, 0.1) is 0 Å². The van der Waals surface area contributed by atoms with E-state index in [1.165, 1.54) is 5.56 Å². The number of hydrogen-bond acceptors (Lipinski definition) is 2. The minimum Gasteiger partial charge on any atom is -0.324 e. The molecule has 1 N–H and O–H groups in total. The lowest BCUT2D eigenvalue weighted by Gasteiger charge is -2.11. The Balaban J connectivity index is 0.000000861. The van der Waals surface area contributed by atoms with Crippen LogP contribution in [0.3, 0.4) is 0 Å². The quantitative estimate of drug-likeness (QED) is 0.862. The molecule has 0 saturated carbocycles. The lowest BCUT2D eigenvalue weighted by atomic mass is 10.1. The number of rotatable bonds is 2. The van der Waals surface area contributed by atoms with E-state index in [2.05, 4.69) is 10.3 Å². The molecule has 1 heterocycles. The minimum absolute atomic E-state index is 0.0335. The number of amides is 1. The van der Waals surface area contributed by atoms with Gasteiger partial charge in [-0.1, -0.05) is 37.6 Å². The number of allylic oxidation sites excluding steroid dienone is 2. The summed E-state index contributed by atoms with van der Waals surface area (Å²) in [5.74, 6) is -0.0335. The van der Waals surface area contributed by atoms with Crippen LogP contribution in [0.2, 0.25) is 0 Å². The molecule has 1 aliphatic rings. The fraction of sp³-hybridized carbons (Fsp3) is 0.375. The van der Waals surface area contributed by atoms with Crippen molar-refractivity contribution < 1.29 is 4.79 Å². The van der Waals surface area contributed by atoms with Gasteiger partial charge in [0.2, 0.25) is 5.91 Å². The highest BCUT2D eigenvalue weighted by Crippen LogP contribution is 2.12. The standard InChI is InChI=1S/C14H16N2O.C2H6/c1-11-6-8-12(9-7-11)16-14(17)13-5-3-2-4-10-15-13;1-2/h2,4,6-10,13H,3,5H2,1H3,(H,16,17);1-2H3. The Kier molecular flexibility index (Phi) is 6.58. The summed E-state index contributed by atoms with van der Waals surface area (Å²) < 4.78 is 0. The molecule has 0 fully saturated rings. The molecule has 0 radical (unpaired) electrons. The second-order valence-electron chi connectivity index (χ2n) is 4.17. The Bertz CT molecular complexity index is 446. The smallest absolute Gasteiger partial charge is 0.249 e. The zero-order valence-corrected chi connectivity index (χ0v) is 11.9. The molecule has 3 nitrogen and oxygen atoms in total. The number of aryl methyl sites for hydroxylation is 1. The summed E-state index contributed by atoms with van der Waals surface area (Å²) in [6.45, 7) is 6.02. The largest absolute Gasteiger partial charge is 0.324 e. The summed E-state index contributed by atoms with van der Waals surface area (Å²) in [6.07, 6.45) is 7.28. The molecule has 0 saturated heterocycles. The molecule has 102 valence electrons. The summed E-state index contributed by atoms with van der Waals surface area (Å²) in [7, 11) is 0. The Morgan fingerprint density at radius 2 is 1.95 bits per heavy atom. The van der Waals surface area contributed by atoms with Gasteiger partial charge >= 0.3 is 0 Å². The van der Waals surface area contributed by atoms with Gasteiger partial charge in [-0.3, -0.25) is 9.79 Å². The molecule has 19 heavy (non-hydrogen) atoms. The van der Waals surface area contributed by atoms with Crippen molar-refractivity contribution in [3.05, 3.63) is 42.0 Å². The fourth-order valence-electron chi connectivity index (χ4n) is 1.70. The van der Waals surface area contributed by atoms with Crippen molar-refractivity contribution in [1.82, 2.24) is 0 Å². The van der Waals surface area contributed by atoms with E-state index in [-0.39, 0.29) is 11.9 Å². The third-order valence-electron chi connectivity index (χ3n) is 2.72. The van der Waals surface area contributed by atoms with Crippen molar-refractivity contribution in [3.8, 4) is 0 Å². The maximum Gasteiger partial charge on any atom is 0.249 e. The van der Waals surface area contributed by atoms with Gasteiger partial charge in [0, 0.05) is 11.9 Å². The summed E-state index contributed by atoms with van der Waals surface area (Å²) in [5.41, 5.74) is 2.01.